The predicted octanol–water partition coefficient (Wildman–Crippen LogP) is 5.23. The summed E-state index contributed by atoms with van der Waals surface area (Å²) in [5.41, 5.74) is 4.53. The van der Waals surface area contributed by atoms with Crippen molar-refractivity contribution in [2.75, 3.05) is 46.2 Å². The Morgan fingerprint density at radius 3 is 2.45 bits per heavy atom. The fourth-order valence-corrected chi connectivity index (χ4v) is 5.89. The van der Waals surface area contributed by atoms with Gasteiger partial charge in [-0.15, -0.1) is 0 Å². The Morgan fingerprint density at radius 1 is 1.02 bits per heavy atom. The summed E-state index contributed by atoms with van der Waals surface area (Å²) in [6.45, 7) is 9.96. The van der Waals surface area contributed by atoms with Crippen LogP contribution in [-0.2, 0) is 11.8 Å². The molecular weight excluding hydrogens is 558 g/mol. The number of aryl methyl sites for hydroxylation is 2. The number of fused-ring (bicyclic) bond motifs is 2. The summed E-state index contributed by atoms with van der Waals surface area (Å²) in [6.07, 6.45) is 2.65. The Kier molecular flexibility index (Phi) is 7.66. The molecule has 44 heavy (non-hydrogen) atoms. The lowest BCUT2D eigenvalue weighted by Gasteiger charge is -2.39. The number of aromatic nitrogens is 3. The van der Waals surface area contributed by atoms with Gasteiger partial charge in [0.1, 0.15) is 16.9 Å². The molecule has 2 aromatic heterocycles. The second-order valence-electron chi connectivity index (χ2n) is 12.5. The van der Waals surface area contributed by atoms with Crippen molar-refractivity contribution in [2.24, 2.45) is 7.05 Å². The van der Waals surface area contributed by atoms with E-state index in [1.165, 1.54) is 0 Å². The van der Waals surface area contributed by atoms with E-state index in [9.17, 15) is 14.7 Å². The Hall–Kier alpha value is -4.64. The highest BCUT2D eigenvalue weighted by atomic mass is 16.6. The van der Waals surface area contributed by atoms with E-state index in [1.54, 1.807) is 22.7 Å². The van der Waals surface area contributed by atoms with E-state index in [2.05, 4.69) is 20.2 Å². The number of ether oxygens (including phenoxy) is 1. The Bertz CT molecular complexity index is 1760. The lowest BCUT2D eigenvalue weighted by atomic mass is 10.1. The molecule has 1 amide bonds. The minimum absolute atomic E-state index is 0.198. The maximum atomic E-state index is 13.8. The van der Waals surface area contributed by atoms with Gasteiger partial charge in [0.05, 0.1) is 17.5 Å². The van der Waals surface area contributed by atoms with Crippen LogP contribution in [0.1, 0.15) is 39.2 Å². The molecule has 2 aliphatic rings. The van der Waals surface area contributed by atoms with Crippen LogP contribution >= 0.6 is 0 Å². The maximum absolute atomic E-state index is 13.8. The molecule has 230 valence electrons. The number of carbonyl (C=O) groups is 1. The Morgan fingerprint density at radius 2 is 1.75 bits per heavy atom. The summed E-state index contributed by atoms with van der Waals surface area (Å²) < 4.78 is 7.23. The molecule has 2 aliphatic heterocycles. The zero-order valence-electron chi connectivity index (χ0n) is 25.9. The number of amides is 1. The lowest BCUT2D eigenvalue weighted by Crippen LogP contribution is -2.46. The van der Waals surface area contributed by atoms with Crippen LogP contribution in [0.2, 0.25) is 0 Å². The molecule has 2 aromatic carbocycles. The van der Waals surface area contributed by atoms with Gasteiger partial charge >= 0.3 is 6.09 Å². The zero-order valence-corrected chi connectivity index (χ0v) is 25.9. The van der Waals surface area contributed by atoms with E-state index in [0.29, 0.717) is 30.4 Å². The van der Waals surface area contributed by atoms with Crippen molar-refractivity contribution in [3.63, 3.8) is 0 Å². The molecule has 1 saturated heterocycles. The first-order valence-corrected chi connectivity index (χ1v) is 15.0. The van der Waals surface area contributed by atoms with Gasteiger partial charge < -0.3 is 25.0 Å². The van der Waals surface area contributed by atoms with E-state index in [4.69, 9.17) is 4.74 Å². The van der Waals surface area contributed by atoms with E-state index >= 15 is 0 Å². The average Bonchev–Trinajstić information content (AvgIpc) is 2.99. The Labute approximate surface area is 256 Å². The number of piperidine rings is 1. The van der Waals surface area contributed by atoms with Gasteiger partial charge in [-0.3, -0.25) is 14.3 Å². The molecule has 2 N–H and O–H groups in total. The van der Waals surface area contributed by atoms with Crippen LogP contribution < -0.4 is 25.6 Å². The number of pyridine rings is 1. The first-order chi connectivity index (χ1) is 21.0. The molecule has 0 aliphatic carbocycles. The van der Waals surface area contributed by atoms with Crippen LogP contribution in [0.15, 0.2) is 59.5 Å². The number of benzene rings is 2. The highest BCUT2D eigenvalue weighted by Gasteiger charge is 2.33. The van der Waals surface area contributed by atoms with Crippen LogP contribution in [0.4, 0.5) is 39.2 Å². The number of rotatable bonds is 4. The van der Waals surface area contributed by atoms with Gasteiger partial charge in [0.25, 0.3) is 5.56 Å². The summed E-state index contributed by atoms with van der Waals surface area (Å²) >= 11 is 0. The quantitative estimate of drug-likeness (QED) is 0.326. The third-order valence-electron chi connectivity index (χ3n) is 8.11. The standard InChI is InChI=1S/C33H39N7O4/c1-21-7-6-8-26-28(21)40(32(43)44-33(2,3)4)18-17-39(26)27-19-22-20-34-31(36-29(22)37(5)30(27)42)35-23-9-11-24(12-10-23)38-15-13-25(41)14-16-38/h6-12,19-20,25,41H,13-18H2,1-5H3,(H,34,35,36). The summed E-state index contributed by atoms with van der Waals surface area (Å²) in [4.78, 5) is 42.0. The minimum Gasteiger partial charge on any atom is -0.443 e. The molecule has 0 saturated carbocycles. The normalized spacial score (nSPS) is 15.8. The first kappa shape index (κ1) is 29.4. The van der Waals surface area contributed by atoms with Crippen molar-refractivity contribution >= 4 is 51.5 Å². The molecule has 0 unspecified atom stereocenters. The highest BCUT2D eigenvalue weighted by Crippen LogP contribution is 2.40. The molecule has 4 heterocycles. The topological polar surface area (TPSA) is 116 Å². The number of nitrogens with one attached hydrogen (secondary N) is 1. The fourth-order valence-electron chi connectivity index (χ4n) is 5.89. The second-order valence-corrected chi connectivity index (χ2v) is 12.5. The molecule has 1 fully saturated rings. The molecule has 0 bridgehead atoms. The van der Waals surface area contributed by atoms with E-state index in [1.807, 2.05) is 81.1 Å². The largest absolute Gasteiger partial charge is 0.443 e. The van der Waals surface area contributed by atoms with Crippen LogP contribution in [0.25, 0.3) is 11.0 Å². The van der Waals surface area contributed by atoms with Gasteiger partial charge in [-0.05, 0) is 82.5 Å². The van der Waals surface area contributed by atoms with Crippen molar-refractivity contribution in [2.45, 2.75) is 52.2 Å². The smallest absolute Gasteiger partial charge is 0.414 e. The minimum atomic E-state index is -0.624. The van der Waals surface area contributed by atoms with Gasteiger partial charge in [0.2, 0.25) is 5.95 Å². The lowest BCUT2D eigenvalue weighted by molar-refractivity contribution is 0.0580. The van der Waals surface area contributed by atoms with Crippen molar-refractivity contribution in [1.82, 2.24) is 14.5 Å². The van der Waals surface area contributed by atoms with Crippen LogP contribution in [0.3, 0.4) is 0 Å². The maximum Gasteiger partial charge on any atom is 0.414 e. The number of nitrogens with zero attached hydrogens (tertiary/aromatic N) is 6. The third kappa shape index (κ3) is 5.79. The van der Waals surface area contributed by atoms with E-state index in [0.717, 1.165) is 59.6 Å². The van der Waals surface area contributed by atoms with Gasteiger partial charge in [-0.25, -0.2) is 9.78 Å². The van der Waals surface area contributed by atoms with Crippen LogP contribution in [0.5, 0.6) is 0 Å². The molecule has 0 spiro atoms. The monoisotopic (exact) mass is 597 g/mol. The van der Waals surface area contributed by atoms with Gasteiger partial charge in [-0.2, -0.15) is 4.98 Å². The van der Waals surface area contributed by atoms with Gasteiger partial charge in [0.15, 0.2) is 0 Å². The number of para-hydroxylation sites is 1. The third-order valence-corrected chi connectivity index (χ3v) is 8.11. The average molecular weight is 598 g/mol. The molecule has 4 aromatic rings. The molecular formula is C33H39N7O4. The molecule has 11 nitrogen and oxygen atoms in total. The molecule has 0 atom stereocenters. The summed E-state index contributed by atoms with van der Waals surface area (Å²) in [6, 6.07) is 15.7. The number of aliphatic hydroxyl groups excluding tert-OH is 1. The van der Waals surface area contributed by atoms with E-state index in [-0.39, 0.29) is 11.7 Å². The van der Waals surface area contributed by atoms with Crippen LogP contribution in [-0.4, -0.2) is 63.6 Å². The van der Waals surface area contributed by atoms with E-state index < -0.39 is 11.7 Å². The SMILES string of the molecule is Cc1cccc2c1N(C(=O)OC(C)(C)C)CCN2c1cc2cnc(Nc3ccc(N4CCC(O)CC4)cc3)nc2n(C)c1=O. The summed E-state index contributed by atoms with van der Waals surface area (Å²) in [5, 5.41) is 13.8. The predicted molar refractivity (Wildman–Crippen MR) is 174 cm³/mol. The van der Waals surface area contributed by atoms with Crippen molar-refractivity contribution in [1.29, 1.82) is 0 Å². The molecule has 6 rings (SSSR count). The van der Waals surface area contributed by atoms with Gasteiger partial charge in [-0.1, -0.05) is 12.1 Å². The molecule has 0 radical (unpaired) electrons. The summed E-state index contributed by atoms with van der Waals surface area (Å²) in [5.74, 6) is 0.390. The Balaban J connectivity index is 1.27. The number of carbonyl (C=O) groups excluding carboxylic acids is 1. The number of hydrogen-bond acceptors (Lipinski definition) is 9. The second kappa shape index (κ2) is 11.5. The highest BCUT2D eigenvalue weighted by molar-refractivity contribution is 5.97. The number of anilines is 6. The molecule has 11 heteroatoms. The zero-order chi connectivity index (χ0) is 31.2. The summed E-state index contributed by atoms with van der Waals surface area (Å²) in [7, 11) is 1.71. The van der Waals surface area contributed by atoms with Gasteiger partial charge in [0, 0.05) is 56.2 Å². The number of aliphatic hydroxyl groups is 1. The fraction of sp³-hybridized carbons (Fsp3) is 0.394. The first-order valence-electron chi connectivity index (χ1n) is 15.0. The van der Waals surface area contributed by atoms with Crippen LogP contribution in [0, 0.1) is 6.92 Å². The van der Waals surface area contributed by atoms with Crippen molar-refractivity contribution in [3.8, 4) is 0 Å². The van der Waals surface area contributed by atoms with Crippen molar-refractivity contribution < 1.29 is 14.6 Å². The van der Waals surface area contributed by atoms with Crippen molar-refractivity contribution in [3.05, 3.63) is 70.6 Å². The number of hydrogen-bond donors (Lipinski definition) is 2.